The number of benzene rings is 2. The second kappa shape index (κ2) is 6.89. The van der Waals surface area contributed by atoms with Gasteiger partial charge >= 0.3 is 0 Å². The Morgan fingerprint density at radius 2 is 2.04 bits per heavy atom. The molecule has 0 aliphatic carbocycles. The van der Waals surface area contributed by atoms with Crippen LogP contribution < -0.4 is 5.43 Å². The minimum Gasteiger partial charge on any atom is -0.507 e. The van der Waals surface area contributed by atoms with Crippen LogP contribution in [0, 0.1) is 10.1 Å². The second-order valence-corrected chi connectivity index (χ2v) is 5.04. The van der Waals surface area contributed by atoms with E-state index in [9.17, 15) is 20.0 Å². The minimum atomic E-state index is -0.621. The van der Waals surface area contributed by atoms with Crippen molar-refractivity contribution in [2.75, 3.05) is 0 Å². The molecule has 0 aliphatic heterocycles. The molecule has 0 fully saturated rings. The highest BCUT2D eigenvalue weighted by molar-refractivity contribution is 6.30. The first-order valence-corrected chi connectivity index (χ1v) is 6.84. The Morgan fingerprint density at radius 3 is 2.70 bits per heavy atom. The van der Waals surface area contributed by atoms with Gasteiger partial charge in [0.25, 0.3) is 11.6 Å². The number of non-ortho nitro benzene ring substituents is 1. The van der Waals surface area contributed by atoms with Crippen molar-refractivity contribution in [1.29, 1.82) is 0 Å². The van der Waals surface area contributed by atoms with E-state index in [0.717, 1.165) is 0 Å². The predicted octanol–water partition coefficient (Wildman–Crippen LogP) is 3.11. The number of halogens is 1. The lowest BCUT2D eigenvalue weighted by Crippen LogP contribution is -2.19. The van der Waals surface area contributed by atoms with Crippen LogP contribution in [0.5, 0.6) is 5.75 Å². The van der Waals surface area contributed by atoms with Gasteiger partial charge < -0.3 is 5.11 Å². The van der Waals surface area contributed by atoms with Crippen molar-refractivity contribution in [2.45, 2.75) is 6.92 Å². The average molecular weight is 334 g/mol. The van der Waals surface area contributed by atoms with Crippen LogP contribution in [0.2, 0.25) is 5.02 Å². The molecule has 2 rings (SSSR count). The molecule has 0 bridgehead atoms. The topological polar surface area (TPSA) is 105 Å². The van der Waals surface area contributed by atoms with Gasteiger partial charge in [0.05, 0.1) is 16.2 Å². The molecule has 0 aliphatic rings. The lowest BCUT2D eigenvalue weighted by atomic mass is 10.1. The van der Waals surface area contributed by atoms with Crippen LogP contribution in [0.1, 0.15) is 22.8 Å². The molecule has 2 aromatic carbocycles. The van der Waals surface area contributed by atoms with Crippen LogP contribution in [0.15, 0.2) is 47.6 Å². The quantitative estimate of drug-likeness (QED) is 0.509. The maximum Gasteiger partial charge on any atom is 0.275 e. The van der Waals surface area contributed by atoms with Gasteiger partial charge in [0.1, 0.15) is 5.75 Å². The fraction of sp³-hybridized carbons (Fsp3) is 0.0667. The van der Waals surface area contributed by atoms with Crippen LogP contribution in [0.3, 0.4) is 0 Å². The maximum absolute atomic E-state index is 12.0. The van der Waals surface area contributed by atoms with E-state index in [2.05, 4.69) is 10.5 Å². The summed E-state index contributed by atoms with van der Waals surface area (Å²) >= 11 is 5.70. The number of nitrogens with one attached hydrogen (secondary N) is 1. The van der Waals surface area contributed by atoms with E-state index in [4.69, 9.17) is 11.6 Å². The number of aromatic hydroxyl groups is 1. The summed E-state index contributed by atoms with van der Waals surface area (Å²) in [4.78, 5) is 22.2. The second-order valence-electron chi connectivity index (χ2n) is 4.61. The fourth-order valence-electron chi connectivity index (χ4n) is 1.80. The highest BCUT2D eigenvalue weighted by Crippen LogP contribution is 2.21. The molecular weight excluding hydrogens is 322 g/mol. The van der Waals surface area contributed by atoms with Crippen molar-refractivity contribution >= 4 is 28.9 Å². The van der Waals surface area contributed by atoms with E-state index in [1.54, 1.807) is 13.0 Å². The Kier molecular flexibility index (Phi) is 4.92. The first-order chi connectivity index (χ1) is 10.9. The number of nitro groups is 1. The number of rotatable bonds is 4. The Hall–Kier alpha value is -2.93. The van der Waals surface area contributed by atoms with E-state index in [1.165, 1.54) is 36.4 Å². The van der Waals surface area contributed by atoms with Gasteiger partial charge in [-0.25, -0.2) is 5.43 Å². The number of phenols is 1. The molecule has 0 saturated heterocycles. The molecule has 0 spiro atoms. The number of hydrogen-bond donors (Lipinski definition) is 2. The summed E-state index contributed by atoms with van der Waals surface area (Å²) in [5, 5.41) is 24.6. The van der Waals surface area contributed by atoms with Gasteiger partial charge in [0, 0.05) is 22.7 Å². The van der Waals surface area contributed by atoms with Crippen molar-refractivity contribution in [3.8, 4) is 5.75 Å². The summed E-state index contributed by atoms with van der Waals surface area (Å²) in [5.41, 5.74) is 3.11. The number of amides is 1. The zero-order valence-electron chi connectivity index (χ0n) is 12.0. The molecule has 0 heterocycles. The Labute approximate surface area is 136 Å². The van der Waals surface area contributed by atoms with Crippen LogP contribution in [0.4, 0.5) is 5.69 Å². The molecule has 0 radical (unpaired) electrons. The number of hydrogen-bond acceptors (Lipinski definition) is 5. The normalized spacial score (nSPS) is 11.1. The summed E-state index contributed by atoms with van der Waals surface area (Å²) in [6, 6.07) is 9.95. The summed E-state index contributed by atoms with van der Waals surface area (Å²) in [6.07, 6.45) is 0. The maximum atomic E-state index is 12.0. The summed E-state index contributed by atoms with van der Waals surface area (Å²) < 4.78 is 0. The monoisotopic (exact) mass is 333 g/mol. The van der Waals surface area contributed by atoms with E-state index in [0.29, 0.717) is 16.3 Å². The third-order valence-electron chi connectivity index (χ3n) is 3.00. The highest BCUT2D eigenvalue weighted by atomic mass is 35.5. The number of nitrogens with zero attached hydrogens (tertiary/aromatic N) is 2. The van der Waals surface area contributed by atoms with Crippen LogP contribution in [-0.2, 0) is 0 Å². The number of phenolic OH excluding ortho intramolecular Hbond substituents is 1. The number of hydrazone groups is 1. The van der Waals surface area contributed by atoms with E-state index >= 15 is 0 Å². The number of carbonyl (C=O) groups excluding carboxylic acids is 1. The molecule has 23 heavy (non-hydrogen) atoms. The number of nitro benzene ring substituents is 1. The third-order valence-corrected chi connectivity index (χ3v) is 3.24. The molecule has 1 amide bonds. The predicted molar refractivity (Wildman–Crippen MR) is 85.9 cm³/mol. The first-order valence-electron chi connectivity index (χ1n) is 6.46. The van der Waals surface area contributed by atoms with Crippen molar-refractivity contribution in [3.63, 3.8) is 0 Å². The Morgan fingerprint density at radius 1 is 1.30 bits per heavy atom. The smallest absolute Gasteiger partial charge is 0.275 e. The van der Waals surface area contributed by atoms with Crippen LogP contribution in [0.25, 0.3) is 0 Å². The molecule has 2 N–H and O–H groups in total. The van der Waals surface area contributed by atoms with Crippen molar-refractivity contribution in [3.05, 3.63) is 68.7 Å². The molecule has 0 unspecified atom stereocenters. The van der Waals surface area contributed by atoms with E-state index < -0.39 is 10.8 Å². The van der Waals surface area contributed by atoms with Gasteiger partial charge in [0.2, 0.25) is 0 Å². The third kappa shape index (κ3) is 4.04. The van der Waals surface area contributed by atoms with Crippen molar-refractivity contribution in [2.24, 2.45) is 5.10 Å². The molecule has 0 atom stereocenters. The summed E-state index contributed by atoms with van der Waals surface area (Å²) in [6.45, 7) is 1.60. The lowest BCUT2D eigenvalue weighted by Gasteiger charge is -2.05. The van der Waals surface area contributed by atoms with Crippen LogP contribution >= 0.6 is 11.6 Å². The van der Waals surface area contributed by atoms with Gasteiger partial charge in [-0.3, -0.25) is 14.9 Å². The minimum absolute atomic E-state index is 0.0185. The van der Waals surface area contributed by atoms with E-state index in [-0.39, 0.29) is 17.0 Å². The lowest BCUT2D eigenvalue weighted by molar-refractivity contribution is -0.384. The first kappa shape index (κ1) is 16.4. The molecule has 0 saturated carbocycles. The largest absolute Gasteiger partial charge is 0.507 e. The van der Waals surface area contributed by atoms with Gasteiger partial charge in [0.15, 0.2) is 0 Å². The van der Waals surface area contributed by atoms with Crippen LogP contribution in [-0.4, -0.2) is 21.6 Å². The summed E-state index contributed by atoms with van der Waals surface area (Å²) in [5.74, 6) is -0.887. The zero-order valence-corrected chi connectivity index (χ0v) is 12.7. The molecule has 2 aromatic rings. The van der Waals surface area contributed by atoms with Gasteiger partial charge in [-0.05, 0) is 25.1 Å². The molecule has 118 valence electrons. The standard InChI is InChI=1S/C15H12ClN3O4/c1-9(10-3-2-4-12(7-10)19(22)23)17-18-15(21)13-6-5-11(16)8-14(13)20/h2-8,20H,1H3,(H,18,21). The number of carbonyl (C=O) groups is 1. The summed E-state index contributed by atoms with van der Waals surface area (Å²) in [7, 11) is 0. The highest BCUT2D eigenvalue weighted by Gasteiger charge is 2.12. The Bertz CT molecular complexity index is 805. The molecule has 0 aromatic heterocycles. The van der Waals surface area contributed by atoms with Gasteiger partial charge in [-0.15, -0.1) is 0 Å². The van der Waals surface area contributed by atoms with Crippen molar-refractivity contribution in [1.82, 2.24) is 5.43 Å². The van der Waals surface area contributed by atoms with Gasteiger partial charge in [-0.2, -0.15) is 5.10 Å². The zero-order chi connectivity index (χ0) is 17.0. The molecule has 8 heteroatoms. The Balaban J connectivity index is 2.17. The average Bonchev–Trinajstić information content (AvgIpc) is 2.52. The molecular formula is C15H12ClN3O4. The van der Waals surface area contributed by atoms with E-state index in [1.807, 2.05) is 0 Å². The molecule has 7 nitrogen and oxygen atoms in total. The van der Waals surface area contributed by atoms with Gasteiger partial charge in [-0.1, -0.05) is 23.7 Å². The fourth-order valence-corrected chi connectivity index (χ4v) is 1.97. The SMILES string of the molecule is CC(=NNC(=O)c1ccc(Cl)cc1O)c1cccc([N+](=O)[O-])c1. The van der Waals surface area contributed by atoms with Crippen molar-refractivity contribution < 1.29 is 14.8 Å².